The summed E-state index contributed by atoms with van der Waals surface area (Å²) in [5, 5.41) is 19.1. The lowest BCUT2D eigenvalue weighted by molar-refractivity contribution is -0.0388. The van der Waals surface area contributed by atoms with E-state index in [1.54, 1.807) is 0 Å². The zero-order chi connectivity index (χ0) is 13.6. The molecule has 4 rings (SSSR count). The Balaban J connectivity index is 1.95. The molecular weight excluding hydrogens is 250 g/mol. The average molecular weight is 265 g/mol. The van der Waals surface area contributed by atoms with Crippen molar-refractivity contribution in [3.05, 3.63) is 54.1 Å². The van der Waals surface area contributed by atoms with E-state index in [4.69, 9.17) is 0 Å². The molecule has 4 heteroatoms. The van der Waals surface area contributed by atoms with E-state index in [1.807, 2.05) is 53.2 Å². The van der Waals surface area contributed by atoms with E-state index < -0.39 is 5.60 Å². The molecule has 1 aromatic heterocycles. The highest BCUT2D eigenvalue weighted by Crippen LogP contribution is 2.43. The van der Waals surface area contributed by atoms with E-state index in [1.165, 1.54) is 0 Å². The molecule has 0 saturated heterocycles. The SMILES string of the molecule is OC1(c2ccccc2-n2nnc3ccccc32)CCC1. The van der Waals surface area contributed by atoms with Crippen molar-refractivity contribution < 1.29 is 5.11 Å². The van der Waals surface area contributed by atoms with Gasteiger partial charge in [-0.3, -0.25) is 0 Å². The highest BCUT2D eigenvalue weighted by Gasteiger charge is 2.38. The maximum atomic E-state index is 10.7. The molecule has 100 valence electrons. The van der Waals surface area contributed by atoms with Crippen LogP contribution in [-0.4, -0.2) is 20.1 Å². The standard InChI is InChI=1S/C16H15N3O/c20-16(10-5-11-16)12-6-1-3-8-14(12)19-15-9-4-2-7-13(15)17-18-19/h1-4,6-9,20H,5,10-11H2. The van der Waals surface area contributed by atoms with Crippen LogP contribution in [0.2, 0.25) is 0 Å². The minimum absolute atomic E-state index is 0.705. The lowest BCUT2D eigenvalue weighted by Crippen LogP contribution is -2.34. The minimum Gasteiger partial charge on any atom is -0.385 e. The lowest BCUT2D eigenvalue weighted by atomic mass is 9.74. The van der Waals surface area contributed by atoms with Crippen molar-refractivity contribution >= 4 is 11.0 Å². The Morgan fingerprint density at radius 2 is 1.75 bits per heavy atom. The number of benzene rings is 2. The fourth-order valence-corrected chi connectivity index (χ4v) is 2.88. The second-order valence-corrected chi connectivity index (χ2v) is 5.39. The van der Waals surface area contributed by atoms with Gasteiger partial charge in [0.15, 0.2) is 0 Å². The van der Waals surface area contributed by atoms with Crippen molar-refractivity contribution in [3.63, 3.8) is 0 Å². The summed E-state index contributed by atoms with van der Waals surface area (Å²) in [6, 6.07) is 15.8. The third kappa shape index (κ3) is 1.58. The molecule has 1 heterocycles. The monoisotopic (exact) mass is 265 g/mol. The molecule has 1 aliphatic rings. The molecule has 0 amide bonds. The Labute approximate surface area is 116 Å². The fourth-order valence-electron chi connectivity index (χ4n) is 2.88. The quantitative estimate of drug-likeness (QED) is 0.775. The van der Waals surface area contributed by atoms with Crippen LogP contribution in [0.1, 0.15) is 24.8 Å². The van der Waals surface area contributed by atoms with E-state index in [0.717, 1.165) is 41.5 Å². The highest BCUT2D eigenvalue weighted by atomic mass is 16.3. The second-order valence-electron chi connectivity index (χ2n) is 5.39. The van der Waals surface area contributed by atoms with Gasteiger partial charge in [-0.1, -0.05) is 35.5 Å². The van der Waals surface area contributed by atoms with Gasteiger partial charge in [0.2, 0.25) is 0 Å². The summed E-state index contributed by atoms with van der Waals surface area (Å²) in [7, 11) is 0. The number of aliphatic hydroxyl groups is 1. The highest BCUT2D eigenvalue weighted by molar-refractivity contribution is 5.76. The van der Waals surface area contributed by atoms with Crippen molar-refractivity contribution in [2.24, 2.45) is 0 Å². The van der Waals surface area contributed by atoms with E-state index in [2.05, 4.69) is 10.3 Å². The van der Waals surface area contributed by atoms with Gasteiger partial charge in [-0.2, -0.15) is 0 Å². The Bertz CT molecular complexity index is 774. The number of para-hydroxylation sites is 2. The van der Waals surface area contributed by atoms with Gasteiger partial charge in [-0.25, -0.2) is 4.68 Å². The number of hydrogen-bond donors (Lipinski definition) is 1. The van der Waals surface area contributed by atoms with Gasteiger partial charge in [-0.15, -0.1) is 5.10 Å². The number of nitrogens with zero attached hydrogens (tertiary/aromatic N) is 3. The molecule has 20 heavy (non-hydrogen) atoms. The van der Waals surface area contributed by atoms with Crippen LogP contribution in [0.3, 0.4) is 0 Å². The molecule has 0 aliphatic heterocycles. The molecule has 3 aromatic rings. The van der Waals surface area contributed by atoms with Gasteiger partial charge in [-0.05, 0) is 37.5 Å². The van der Waals surface area contributed by atoms with Crippen LogP contribution in [0, 0.1) is 0 Å². The first kappa shape index (κ1) is 11.6. The van der Waals surface area contributed by atoms with Gasteiger partial charge in [0.05, 0.1) is 16.8 Å². The largest absolute Gasteiger partial charge is 0.385 e. The maximum absolute atomic E-state index is 10.7. The molecule has 4 nitrogen and oxygen atoms in total. The van der Waals surface area contributed by atoms with Crippen molar-refractivity contribution in [1.82, 2.24) is 15.0 Å². The molecule has 1 fully saturated rings. The van der Waals surface area contributed by atoms with Crippen molar-refractivity contribution in [2.75, 3.05) is 0 Å². The molecule has 0 unspecified atom stereocenters. The van der Waals surface area contributed by atoms with E-state index in [9.17, 15) is 5.11 Å². The van der Waals surface area contributed by atoms with Crippen LogP contribution in [0.15, 0.2) is 48.5 Å². The summed E-state index contributed by atoms with van der Waals surface area (Å²) < 4.78 is 1.82. The summed E-state index contributed by atoms with van der Waals surface area (Å²) in [6.07, 6.45) is 2.70. The normalized spacial score (nSPS) is 17.1. The smallest absolute Gasteiger partial charge is 0.113 e. The fraction of sp³-hybridized carbons (Fsp3) is 0.250. The van der Waals surface area contributed by atoms with Crippen LogP contribution in [-0.2, 0) is 5.60 Å². The summed E-state index contributed by atoms with van der Waals surface area (Å²) >= 11 is 0. The lowest BCUT2D eigenvalue weighted by Gasteiger charge is -2.38. The number of fused-ring (bicyclic) bond motifs is 1. The van der Waals surface area contributed by atoms with Gasteiger partial charge < -0.3 is 5.11 Å². The molecule has 0 atom stereocenters. The molecule has 0 radical (unpaired) electrons. The zero-order valence-electron chi connectivity index (χ0n) is 11.0. The van der Waals surface area contributed by atoms with Crippen molar-refractivity contribution in [2.45, 2.75) is 24.9 Å². The van der Waals surface area contributed by atoms with Gasteiger partial charge in [0.1, 0.15) is 5.52 Å². The third-order valence-corrected chi connectivity index (χ3v) is 4.17. The van der Waals surface area contributed by atoms with E-state index in [0.29, 0.717) is 0 Å². The Morgan fingerprint density at radius 1 is 1.00 bits per heavy atom. The predicted molar refractivity (Wildman–Crippen MR) is 76.6 cm³/mol. The maximum Gasteiger partial charge on any atom is 0.113 e. The Hall–Kier alpha value is -2.20. The number of aromatic nitrogens is 3. The molecule has 0 spiro atoms. The minimum atomic E-state index is -0.705. The zero-order valence-corrected chi connectivity index (χ0v) is 11.0. The van der Waals surface area contributed by atoms with Crippen LogP contribution in [0.4, 0.5) is 0 Å². The second kappa shape index (κ2) is 4.15. The molecule has 1 saturated carbocycles. The molecule has 0 bridgehead atoms. The van der Waals surface area contributed by atoms with Crippen LogP contribution in [0.25, 0.3) is 16.7 Å². The van der Waals surface area contributed by atoms with Gasteiger partial charge in [0.25, 0.3) is 0 Å². The van der Waals surface area contributed by atoms with Gasteiger partial charge >= 0.3 is 0 Å². The number of rotatable bonds is 2. The van der Waals surface area contributed by atoms with Crippen molar-refractivity contribution in [1.29, 1.82) is 0 Å². The van der Waals surface area contributed by atoms with E-state index >= 15 is 0 Å². The van der Waals surface area contributed by atoms with Crippen LogP contribution < -0.4 is 0 Å². The molecular formula is C16H15N3O. The van der Waals surface area contributed by atoms with E-state index in [-0.39, 0.29) is 0 Å². The average Bonchev–Trinajstić information content (AvgIpc) is 2.89. The predicted octanol–water partition coefficient (Wildman–Crippen LogP) is 2.79. The van der Waals surface area contributed by atoms with Crippen LogP contribution >= 0.6 is 0 Å². The molecule has 2 aromatic carbocycles. The first-order valence-electron chi connectivity index (χ1n) is 6.91. The first-order chi connectivity index (χ1) is 9.78. The molecule has 1 N–H and O–H groups in total. The summed E-state index contributed by atoms with van der Waals surface area (Å²) in [5.74, 6) is 0. The topological polar surface area (TPSA) is 50.9 Å². The van der Waals surface area contributed by atoms with Gasteiger partial charge in [0, 0.05) is 5.56 Å². The summed E-state index contributed by atoms with van der Waals surface area (Å²) in [5.41, 5.74) is 2.99. The molecule has 1 aliphatic carbocycles. The van der Waals surface area contributed by atoms with Crippen molar-refractivity contribution in [3.8, 4) is 5.69 Å². The third-order valence-electron chi connectivity index (χ3n) is 4.17. The first-order valence-corrected chi connectivity index (χ1v) is 6.91. The Morgan fingerprint density at radius 3 is 2.55 bits per heavy atom. The van der Waals surface area contributed by atoms with Crippen LogP contribution in [0.5, 0.6) is 0 Å². The number of hydrogen-bond acceptors (Lipinski definition) is 3. The summed E-state index contributed by atoms with van der Waals surface area (Å²) in [4.78, 5) is 0. The summed E-state index contributed by atoms with van der Waals surface area (Å²) in [6.45, 7) is 0. The Kier molecular flexibility index (Phi) is 2.41.